The molecule has 0 aliphatic carbocycles. The van der Waals surface area contributed by atoms with Crippen LogP contribution in [0.25, 0.3) is 11.1 Å². The van der Waals surface area contributed by atoms with E-state index < -0.39 is 10.1 Å². The van der Waals surface area contributed by atoms with Crippen molar-refractivity contribution in [3.05, 3.63) is 18.2 Å². The fourth-order valence-corrected chi connectivity index (χ4v) is 1.62. The van der Waals surface area contributed by atoms with Crippen LogP contribution in [-0.4, -0.2) is 23.3 Å². The first-order valence-electron chi connectivity index (χ1n) is 3.27. The van der Waals surface area contributed by atoms with Crippen molar-refractivity contribution < 1.29 is 17.5 Å². The molecule has 1 aromatic heterocycles. The highest BCUT2D eigenvalue weighted by atomic mass is 32.2. The Labute approximate surface area is 72.9 Å². The van der Waals surface area contributed by atoms with Gasteiger partial charge in [0.05, 0.1) is 0 Å². The Hall–Kier alpha value is -1.47. The second kappa shape index (κ2) is 2.51. The minimum atomic E-state index is -4.26. The summed E-state index contributed by atoms with van der Waals surface area (Å²) in [5, 5.41) is 6.60. The van der Waals surface area contributed by atoms with Crippen molar-refractivity contribution in [2.45, 2.75) is 4.90 Å². The molecule has 2 rings (SSSR count). The highest BCUT2D eigenvalue weighted by molar-refractivity contribution is 7.86. The van der Waals surface area contributed by atoms with E-state index in [4.69, 9.17) is 4.55 Å². The van der Waals surface area contributed by atoms with Gasteiger partial charge in [-0.2, -0.15) is 8.42 Å². The van der Waals surface area contributed by atoms with Crippen molar-refractivity contribution in [2.24, 2.45) is 0 Å². The van der Waals surface area contributed by atoms with E-state index in [1.54, 1.807) is 0 Å². The first-order valence-corrected chi connectivity index (χ1v) is 4.71. The lowest BCUT2D eigenvalue weighted by molar-refractivity contribution is 0.424. The van der Waals surface area contributed by atoms with Crippen LogP contribution in [-0.2, 0) is 10.1 Å². The highest BCUT2D eigenvalue weighted by Gasteiger charge is 2.16. The molecule has 1 aromatic carbocycles. The molecule has 2 aromatic rings. The molecule has 0 aliphatic heterocycles. The van der Waals surface area contributed by atoms with Crippen LogP contribution in [0.2, 0.25) is 0 Å². The zero-order valence-electron chi connectivity index (χ0n) is 6.21. The summed E-state index contributed by atoms with van der Waals surface area (Å²) in [6.07, 6.45) is 0. The fourth-order valence-electron chi connectivity index (χ4n) is 0.988. The van der Waals surface area contributed by atoms with Gasteiger partial charge in [0, 0.05) is 5.27 Å². The topological polar surface area (TPSA) is 93.3 Å². The van der Waals surface area contributed by atoms with Crippen molar-refractivity contribution in [3.8, 4) is 0 Å². The molecule has 0 saturated heterocycles. The summed E-state index contributed by atoms with van der Waals surface area (Å²) in [6, 6.07) is 4.16. The maximum Gasteiger partial charge on any atom is 0.296 e. The first kappa shape index (κ1) is 8.14. The monoisotopic (exact) mass is 200 g/mol. The van der Waals surface area contributed by atoms with Crippen molar-refractivity contribution in [1.29, 1.82) is 0 Å². The molecule has 0 spiro atoms. The second-order valence-electron chi connectivity index (χ2n) is 2.35. The Kier molecular flexibility index (Phi) is 1.57. The van der Waals surface area contributed by atoms with Crippen molar-refractivity contribution >= 4 is 21.2 Å². The maximum absolute atomic E-state index is 10.8. The van der Waals surface area contributed by atoms with E-state index in [1.807, 2.05) is 0 Å². The molecule has 0 amide bonds. The van der Waals surface area contributed by atoms with Crippen LogP contribution >= 0.6 is 0 Å². The molecule has 0 aliphatic rings. The molecule has 0 radical (unpaired) electrons. The Balaban J connectivity index is 2.91. The van der Waals surface area contributed by atoms with E-state index in [0.717, 1.165) is 0 Å². The molecule has 0 atom stereocenters. The fraction of sp³-hybridized carbons (Fsp3) is 0. The molecule has 13 heavy (non-hydrogen) atoms. The lowest BCUT2D eigenvalue weighted by atomic mass is 10.3. The maximum atomic E-state index is 10.8. The number of rotatable bonds is 1. The largest absolute Gasteiger partial charge is 0.337 e. The van der Waals surface area contributed by atoms with Gasteiger partial charge in [0.2, 0.25) is 0 Å². The predicted octanol–water partition coefficient (Wildman–Crippen LogP) is 0.470. The van der Waals surface area contributed by atoms with Gasteiger partial charge in [0.1, 0.15) is 4.90 Å². The van der Waals surface area contributed by atoms with E-state index in [2.05, 4.69) is 14.9 Å². The summed E-state index contributed by atoms with van der Waals surface area (Å²) in [6.45, 7) is 0. The van der Waals surface area contributed by atoms with Crippen LogP contribution in [0.4, 0.5) is 0 Å². The number of aromatic nitrogens is 2. The zero-order valence-corrected chi connectivity index (χ0v) is 7.02. The van der Waals surface area contributed by atoms with E-state index in [0.29, 0.717) is 0 Å². The summed E-state index contributed by atoms with van der Waals surface area (Å²) < 4.78 is 35.0. The lowest BCUT2D eigenvalue weighted by Gasteiger charge is -1.94. The number of hydrogen-bond donors (Lipinski definition) is 1. The normalized spacial score (nSPS) is 12.1. The summed E-state index contributed by atoms with van der Waals surface area (Å²) in [4.78, 5) is -0.300. The third kappa shape index (κ3) is 1.27. The van der Waals surface area contributed by atoms with E-state index in [1.165, 1.54) is 18.2 Å². The van der Waals surface area contributed by atoms with Crippen LogP contribution in [0.1, 0.15) is 0 Å². The van der Waals surface area contributed by atoms with E-state index in [9.17, 15) is 8.42 Å². The zero-order chi connectivity index (χ0) is 9.47. The first-order chi connectivity index (χ1) is 6.09. The standard InChI is InChI=1S/C6H4N2O4S/c9-13(10,11)5-3-1-2-4-6(5)7-8-12-4/h1-3H,(H,9,10,11). The van der Waals surface area contributed by atoms with Crippen LogP contribution in [0, 0.1) is 0 Å². The number of hydrogen-bond acceptors (Lipinski definition) is 5. The summed E-state index contributed by atoms with van der Waals surface area (Å²) >= 11 is 0. The van der Waals surface area contributed by atoms with Gasteiger partial charge in [-0.3, -0.25) is 4.55 Å². The van der Waals surface area contributed by atoms with Crippen LogP contribution < -0.4 is 0 Å². The molecule has 68 valence electrons. The average Bonchev–Trinajstić information content (AvgIpc) is 2.48. The molecule has 7 heteroatoms. The minimum absolute atomic E-state index is 0.0324. The molecule has 0 fully saturated rings. The van der Waals surface area contributed by atoms with Gasteiger partial charge in [-0.25, -0.2) is 0 Å². The van der Waals surface area contributed by atoms with Gasteiger partial charge >= 0.3 is 0 Å². The quantitative estimate of drug-likeness (QED) is 0.672. The third-order valence-corrected chi connectivity index (χ3v) is 2.41. The van der Waals surface area contributed by atoms with Crippen molar-refractivity contribution in [3.63, 3.8) is 0 Å². The van der Waals surface area contributed by atoms with Gasteiger partial charge in [-0.05, 0) is 12.1 Å². The molecule has 0 saturated carbocycles. The van der Waals surface area contributed by atoms with E-state index in [-0.39, 0.29) is 16.0 Å². The average molecular weight is 200 g/mol. The molecule has 0 unspecified atom stereocenters. The molecular weight excluding hydrogens is 196 g/mol. The molecular formula is C6H4N2O4S. The number of nitrogens with zero attached hydrogens (tertiary/aromatic N) is 2. The smallest absolute Gasteiger partial charge is 0.296 e. The van der Waals surface area contributed by atoms with Crippen LogP contribution in [0.15, 0.2) is 27.6 Å². The van der Waals surface area contributed by atoms with Gasteiger partial charge in [-0.1, -0.05) is 6.07 Å². The minimum Gasteiger partial charge on any atom is -0.337 e. The third-order valence-electron chi connectivity index (χ3n) is 1.52. The summed E-state index contributed by atoms with van der Waals surface area (Å²) in [5.74, 6) is 0. The Morgan fingerprint density at radius 3 is 2.85 bits per heavy atom. The number of benzene rings is 1. The van der Waals surface area contributed by atoms with Gasteiger partial charge in [0.15, 0.2) is 11.1 Å². The summed E-state index contributed by atoms with van der Waals surface area (Å²) in [7, 11) is -4.26. The van der Waals surface area contributed by atoms with E-state index >= 15 is 0 Å². The Bertz CT molecular complexity index is 545. The second-order valence-corrected chi connectivity index (χ2v) is 3.74. The lowest BCUT2D eigenvalue weighted by Crippen LogP contribution is -1.98. The summed E-state index contributed by atoms with van der Waals surface area (Å²) in [5.41, 5.74) is 0.250. The van der Waals surface area contributed by atoms with Crippen molar-refractivity contribution in [1.82, 2.24) is 10.4 Å². The molecule has 1 heterocycles. The highest BCUT2D eigenvalue weighted by Crippen LogP contribution is 2.19. The van der Waals surface area contributed by atoms with Gasteiger partial charge < -0.3 is 4.52 Å². The SMILES string of the molecule is O=S(=O)(O)c1cccc2onnc12. The number of fused-ring (bicyclic) bond motifs is 1. The Morgan fingerprint density at radius 2 is 2.15 bits per heavy atom. The van der Waals surface area contributed by atoms with Crippen LogP contribution in [0.3, 0.4) is 0 Å². The van der Waals surface area contributed by atoms with Gasteiger partial charge in [-0.15, -0.1) is 5.10 Å². The molecule has 1 N–H and O–H groups in total. The predicted molar refractivity (Wildman–Crippen MR) is 41.6 cm³/mol. The van der Waals surface area contributed by atoms with Crippen LogP contribution in [0.5, 0.6) is 0 Å². The Morgan fingerprint density at radius 1 is 1.38 bits per heavy atom. The molecule has 6 nitrogen and oxygen atoms in total. The van der Waals surface area contributed by atoms with Gasteiger partial charge in [0.25, 0.3) is 10.1 Å². The molecule has 0 bridgehead atoms. The van der Waals surface area contributed by atoms with Crippen molar-refractivity contribution in [2.75, 3.05) is 0 Å².